The van der Waals surface area contributed by atoms with Crippen LogP contribution in [0.2, 0.25) is 0 Å². The van der Waals surface area contributed by atoms with Gasteiger partial charge in [-0.3, -0.25) is 0 Å². The van der Waals surface area contributed by atoms with E-state index in [0.717, 1.165) is 11.1 Å². The molecule has 2 N–H and O–H groups in total. The second kappa shape index (κ2) is 10.5. The summed E-state index contributed by atoms with van der Waals surface area (Å²) in [5, 5.41) is 20.4. The van der Waals surface area contributed by atoms with Crippen molar-refractivity contribution in [2.75, 3.05) is 13.2 Å². The summed E-state index contributed by atoms with van der Waals surface area (Å²) in [5.41, 5.74) is 1.78. The standard InChI is InChI=1S/C24H26O4/c25-23(19-8-3-1-4-9-19)14-16-27-21-12-7-13-22(18-21)28-17-15-24(26)20-10-5-2-6-11-20/h1-13,18,23-26H,14-17H2. The van der Waals surface area contributed by atoms with E-state index in [4.69, 9.17) is 9.47 Å². The summed E-state index contributed by atoms with van der Waals surface area (Å²) in [6, 6.07) is 26.5. The van der Waals surface area contributed by atoms with Crippen molar-refractivity contribution in [3.63, 3.8) is 0 Å². The summed E-state index contributed by atoms with van der Waals surface area (Å²) in [6.45, 7) is 0.818. The minimum Gasteiger partial charge on any atom is -0.493 e. The van der Waals surface area contributed by atoms with Gasteiger partial charge in [-0.15, -0.1) is 0 Å². The Labute approximate surface area is 166 Å². The number of hydrogen-bond acceptors (Lipinski definition) is 4. The fourth-order valence-corrected chi connectivity index (χ4v) is 2.91. The Morgan fingerprint density at radius 2 is 1.00 bits per heavy atom. The predicted octanol–water partition coefficient (Wildman–Crippen LogP) is 4.69. The molecule has 4 heteroatoms. The highest BCUT2D eigenvalue weighted by Crippen LogP contribution is 2.22. The highest BCUT2D eigenvalue weighted by Gasteiger charge is 2.09. The third kappa shape index (κ3) is 6.12. The third-order valence-corrected chi connectivity index (χ3v) is 4.49. The molecular weight excluding hydrogens is 352 g/mol. The van der Waals surface area contributed by atoms with Gasteiger partial charge < -0.3 is 19.7 Å². The van der Waals surface area contributed by atoms with E-state index in [9.17, 15) is 10.2 Å². The van der Waals surface area contributed by atoms with Crippen LogP contribution in [0.15, 0.2) is 84.9 Å². The second-order valence-corrected chi connectivity index (χ2v) is 6.60. The molecule has 0 aromatic heterocycles. The summed E-state index contributed by atoms with van der Waals surface area (Å²) in [4.78, 5) is 0. The third-order valence-electron chi connectivity index (χ3n) is 4.49. The lowest BCUT2D eigenvalue weighted by Gasteiger charge is -2.14. The van der Waals surface area contributed by atoms with E-state index in [2.05, 4.69) is 0 Å². The summed E-state index contributed by atoms with van der Waals surface area (Å²) in [5.74, 6) is 1.39. The van der Waals surface area contributed by atoms with Crippen LogP contribution in [0.5, 0.6) is 11.5 Å². The SMILES string of the molecule is OC(CCOc1cccc(OCCC(O)c2ccccc2)c1)c1ccccc1. The van der Waals surface area contributed by atoms with Crippen LogP contribution in [-0.4, -0.2) is 23.4 Å². The lowest BCUT2D eigenvalue weighted by atomic mass is 10.1. The first kappa shape index (κ1) is 19.9. The topological polar surface area (TPSA) is 58.9 Å². The average molecular weight is 378 g/mol. The molecule has 2 atom stereocenters. The van der Waals surface area contributed by atoms with Gasteiger partial charge in [-0.05, 0) is 23.3 Å². The molecular formula is C24H26O4. The van der Waals surface area contributed by atoms with Gasteiger partial charge in [-0.2, -0.15) is 0 Å². The molecule has 0 bridgehead atoms. The van der Waals surface area contributed by atoms with Crippen LogP contribution in [-0.2, 0) is 0 Å². The maximum absolute atomic E-state index is 10.2. The van der Waals surface area contributed by atoms with Gasteiger partial charge in [0.1, 0.15) is 11.5 Å². The Balaban J connectivity index is 1.42. The molecule has 0 radical (unpaired) electrons. The van der Waals surface area contributed by atoms with Gasteiger partial charge in [0.25, 0.3) is 0 Å². The Morgan fingerprint density at radius 3 is 1.43 bits per heavy atom. The van der Waals surface area contributed by atoms with E-state index >= 15 is 0 Å². The predicted molar refractivity (Wildman–Crippen MR) is 109 cm³/mol. The molecule has 3 rings (SSSR count). The van der Waals surface area contributed by atoms with Crippen molar-refractivity contribution >= 4 is 0 Å². The molecule has 0 spiro atoms. The zero-order valence-electron chi connectivity index (χ0n) is 15.8. The summed E-state index contributed by atoms with van der Waals surface area (Å²) in [6.07, 6.45) is -0.0586. The molecule has 0 aliphatic rings. The Kier molecular flexibility index (Phi) is 7.47. The molecule has 0 saturated carbocycles. The fraction of sp³-hybridized carbons (Fsp3) is 0.250. The van der Waals surface area contributed by atoms with Gasteiger partial charge in [0.2, 0.25) is 0 Å². The number of aliphatic hydroxyl groups excluding tert-OH is 2. The number of aliphatic hydroxyl groups is 2. The Bertz CT molecular complexity index is 754. The Morgan fingerprint density at radius 1 is 0.571 bits per heavy atom. The first-order chi connectivity index (χ1) is 13.7. The number of hydrogen-bond donors (Lipinski definition) is 2. The van der Waals surface area contributed by atoms with Crippen LogP contribution >= 0.6 is 0 Å². The van der Waals surface area contributed by atoms with Crippen LogP contribution in [0.3, 0.4) is 0 Å². The van der Waals surface area contributed by atoms with Gasteiger partial charge in [0.15, 0.2) is 0 Å². The smallest absolute Gasteiger partial charge is 0.122 e. The summed E-state index contributed by atoms with van der Waals surface area (Å²) >= 11 is 0. The van der Waals surface area contributed by atoms with Crippen LogP contribution < -0.4 is 9.47 Å². The van der Waals surface area contributed by atoms with Crippen LogP contribution in [0.1, 0.15) is 36.2 Å². The van der Waals surface area contributed by atoms with Crippen molar-refractivity contribution < 1.29 is 19.7 Å². The quantitative estimate of drug-likeness (QED) is 0.537. The first-order valence-corrected chi connectivity index (χ1v) is 9.54. The molecule has 4 nitrogen and oxygen atoms in total. The Hall–Kier alpha value is -2.82. The van der Waals surface area contributed by atoms with E-state index in [1.54, 1.807) is 0 Å². The van der Waals surface area contributed by atoms with E-state index in [1.165, 1.54) is 0 Å². The zero-order valence-corrected chi connectivity index (χ0v) is 15.8. The first-order valence-electron chi connectivity index (χ1n) is 9.54. The summed E-state index contributed by atoms with van der Waals surface area (Å²) < 4.78 is 11.5. The largest absolute Gasteiger partial charge is 0.493 e. The van der Waals surface area contributed by atoms with E-state index in [0.29, 0.717) is 37.6 Å². The maximum Gasteiger partial charge on any atom is 0.122 e. The van der Waals surface area contributed by atoms with Crippen LogP contribution in [0.4, 0.5) is 0 Å². The van der Waals surface area contributed by atoms with Crippen molar-refractivity contribution in [3.8, 4) is 11.5 Å². The minimum atomic E-state index is -0.542. The number of benzene rings is 3. The van der Waals surface area contributed by atoms with E-state index in [1.807, 2.05) is 84.9 Å². The van der Waals surface area contributed by atoms with Gasteiger partial charge in [0.05, 0.1) is 25.4 Å². The highest BCUT2D eigenvalue weighted by molar-refractivity contribution is 5.33. The van der Waals surface area contributed by atoms with Gasteiger partial charge >= 0.3 is 0 Å². The van der Waals surface area contributed by atoms with E-state index in [-0.39, 0.29) is 0 Å². The van der Waals surface area contributed by atoms with Gasteiger partial charge in [0, 0.05) is 18.9 Å². The van der Waals surface area contributed by atoms with Gasteiger partial charge in [-0.1, -0.05) is 66.7 Å². The monoisotopic (exact) mass is 378 g/mol. The van der Waals surface area contributed by atoms with Crippen molar-refractivity contribution in [1.29, 1.82) is 0 Å². The molecule has 146 valence electrons. The lowest BCUT2D eigenvalue weighted by Crippen LogP contribution is -2.06. The molecule has 0 saturated heterocycles. The van der Waals surface area contributed by atoms with Crippen molar-refractivity contribution in [2.24, 2.45) is 0 Å². The second-order valence-electron chi connectivity index (χ2n) is 6.60. The lowest BCUT2D eigenvalue weighted by molar-refractivity contribution is 0.139. The molecule has 3 aromatic rings. The highest BCUT2D eigenvalue weighted by atomic mass is 16.5. The zero-order chi connectivity index (χ0) is 19.6. The fourth-order valence-electron chi connectivity index (χ4n) is 2.91. The van der Waals surface area contributed by atoms with Gasteiger partial charge in [-0.25, -0.2) is 0 Å². The van der Waals surface area contributed by atoms with E-state index < -0.39 is 12.2 Å². The van der Waals surface area contributed by atoms with Crippen molar-refractivity contribution in [3.05, 3.63) is 96.1 Å². The molecule has 0 heterocycles. The molecule has 3 aromatic carbocycles. The minimum absolute atomic E-state index is 0.409. The molecule has 0 fully saturated rings. The number of ether oxygens (including phenoxy) is 2. The van der Waals surface area contributed by atoms with Crippen LogP contribution in [0, 0.1) is 0 Å². The molecule has 0 amide bonds. The normalized spacial score (nSPS) is 12.9. The molecule has 0 aliphatic heterocycles. The van der Waals surface area contributed by atoms with Crippen molar-refractivity contribution in [1.82, 2.24) is 0 Å². The number of rotatable bonds is 10. The van der Waals surface area contributed by atoms with Crippen LogP contribution in [0.25, 0.3) is 0 Å². The maximum atomic E-state index is 10.2. The molecule has 2 unspecified atom stereocenters. The van der Waals surface area contributed by atoms with Crippen molar-refractivity contribution in [2.45, 2.75) is 25.0 Å². The molecule has 0 aliphatic carbocycles. The molecule has 28 heavy (non-hydrogen) atoms. The summed E-state index contributed by atoms with van der Waals surface area (Å²) in [7, 11) is 0. The average Bonchev–Trinajstić information content (AvgIpc) is 2.75.